The molecule has 424 valence electrons. The van der Waals surface area contributed by atoms with E-state index in [0.717, 1.165) is 38.5 Å². The van der Waals surface area contributed by atoms with Gasteiger partial charge in [0.1, 0.15) is 37.6 Å². The number of nitrogens with one attached hydrogen (secondary N) is 1. The van der Waals surface area contributed by atoms with E-state index in [2.05, 4.69) is 19.2 Å². The minimum atomic E-state index is -4.52. The van der Waals surface area contributed by atoms with Gasteiger partial charge in [-0.2, -0.15) is 0 Å². The number of hydrogen-bond donors (Lipinski definition) is 6. The van der Waals surface area contributed by atoms with Crippen molar-refractivity contribution in [3.63, 3.8) is 0 Å². The summed E-state index contributed by atoms with van der Waals surface area (Å²) in [5.41, 5.74) is 0. The average molecular weight is 1040 g/mol. The molecular formula is C57H116N2O11P+. The number of rotatable bonds is 52. The smallest absolute Gasteiger partial charge is 0.391 e. The van der Waals surface area contributed by atoms with Crippen molar-refractivity contribution in [2.45, 2.75) is 314 Å². The maximum absolute atomic E-state index is 13.3. The zero-order chi connectivity index (χ0) is 52.3. The molecule has 1 unspecified atom stereocenters. The third kappa shape index (κ3) is 40.3. The van der Waals surface area contributed by atoms with Crippen LogP contribution in [0.25, 0.3) is 0 Å². The molecule has 1 saturated heterocycles. The van der Waals surface area contributed by atoms with Crippen LogP contribution in [0.4, 0.5) is 0 Å². The Balaban J connectivity index is 2.49. The van der Waals surface area contributed by atoms with Crippen LogP contribution < -0.4 is 5.32 Å². The summed E-state index contributed by atoms with van der Waals surface area (Å²) in [6.45, 7) is 4.09. The highest BCUT2D eigenvalue weighted by Crippen LogP contribution is 2.44. The molecule has 1 aliphatic rings. The fourth-order valence-electron chi connectivity index (χ4n) is 9.55. The van der Waals surface area contributed by atoms with E-state index in [4.69, 9.17) is 18.5 Å². The van der Waals surface area contributed by atoms with Crippen molar-refractivity contribution in [1.82, 2.24) is 5.32 Å². The number of nitrogens with zero attached hydrogens (tertiary/aromatic N) is 1. The van der Waals surface area contributed by atoms with Gasteiger partial charge in [-0.05, 0) is 12.8 Å². The van der Waals surface area contributed by atoms with Crippen LogP contribution in [0.3, 0.4) is 0 Å². The van der Waals surface area contributed by atoms with Gasteiger partial charge < -0.3 is 44.6 Å². The van der Waals surface area contributed by atoms with E-state index in [-0.39, 0.29) is 19.1 Å². The molecule has 0 radical (unpaired) electrons. The Morgan fingerprint density at radius 2 is 0.915 bits per heavy atom. The monoisotopic (exact) mass is 1040 g/mol. The van der Waals surface area contributed by atoms with Crippen LogP contribution >= 0.6 is 7.82 Å². The van der Waals surface area contributed by atoms with Gasteiger partial charge in [-0.15, -0.1) is 0 Å². The Kier molecular flexibility index (Phi) is 43.8. The van der Waals surface area contributed by atoms with E-state index in [1.807, 2.05) is 21.1 Å². The highest BCUT2D eigenvalue weighted by atomic mass is 31.2. The predicted molar refractivity (Wildman–Crippen MR) is 291 cm³/mol. The zero-order valence-corrected chi connectivity index (χ0v) is 47.6. The lowest BCUT2D eigenvalue weighted by Gasteiger charge is -2.40. The number of quaternary nitrogens is 1. The summed E-state index contributed by atoms with van der Waals surface area (Å²) in [7, 11) is 1.21. The highest BCUT2D eigenvalue weighted by molar-refractivity contribution is 7.47. The summed E-state index contributed by atoms with van der Waals surface area (Å²) in [5.74, 6) is -0.186. The van der Waals surface area contributed by atoms with E-state index in [0.29, 0.717) is 23.9 Å². The molecule has 8 atom stereocenters. The Hall–Kier alpha value is -0.700. The van der Waals surface area contributed by atoms with E-state index in [9.17, 15) is 34.7 Å². The van der Waals surface area contributed by atoms with E-state index >= 15 is 0 Å². The fourth-order valence-corrected chi connectivity index (χ4v) is 10.3. The maximum Gasteiger partial charge on any atom is 0.472 e. The molecule has 1 rings (SSSR count). The van der Waals surface area contributed by atoms with Crippen LogP contribution in [0.1, 0.15) is 271 Å². The topological polar surface area (TPSA) is 184 Å². The van der Waals surface area contributed by atoms with Crippen molar-refractivity contribution in [2.24, 2.45) is 0 Å². The molecule has 1 heterocycles. The van der Waals surface area contributed by atoms with Crippen molar-refractivity contribution < 1.29 is 57.7 Å². The lowest BCUT2D eigenvalue weighted by molar-refractivity contribution is -0.870. The molecule has 0 saturated carbocycles. The van der Waals surface area contributed by atoms with Crippen molar-refractivity contribution in [1.29, 1.82) is 0 Å². The first kappa shape index (κ1) is 68.3. The van der Waals surface area contributed by atoms with Gasteiger partial charge in [0, 0.05) is 6.42 Å². The number of phosphoric acid groups is 1. The van der Waals surface area contributed by atoms with Gasteiger partial charge >= 0.3 is 7.82 Å². The van der Waals surface area contributed by atoms with E-state index in [1.54, 1.807) is 0 Å². The SMILES string of the molecule is CCCCCCCCCCCCCCCCCCCCCCCC(=O)N[C@@H](CO[C@@H]1O[C@H](COP(=O)(O)OCC[N+](C)(C)C)[C@H](O)[C@H](O)[C@H]1O)[C@H](O)CCCCCCCCCCCCCCCCCCC. The number of phosphoric ester groups is 1. The number of aliphatic hydroxyl groups is 4. The zero-order valence-electron chi connectivity index (χ0n) is 46.7. The third-order valence-corrected chi connectivity index (χ3v) is 15.4. The number of amides is 1. The van der Waals surface area contributed by atoms with Gasteiger partial charge in [-0.1, -0.05) is 251 Å². The minimum Gasteiger partial charge on any atom is -0.391 e. The molecule has 71 heavy (non-hydrogen) atoms. The number of unbranched alkanes of at least 4 members (excludes halogenated alkanes) is 36. The summed E-state index contributed by atoms with van der Waals surface area (Å²) in [5, 5.41) is 46.5. The average Bonchev–Trinajstić information content (AvgIpc) is 3.33. The number of aliphatic hydroxyl groups excluding tert-OH is 4. The summed E-state index contributed by atoms with van der Waals surface area (Å²) < 4.78 is 34.9. The van der Waals surface area contributed by atoms with Crippen LogP contribution in [0.5, 0.6) is 0 Å². The molecule has 6 N–H and O–H groups in total. The molecule has 0 aromatic carbocycles. The minimum absolute atomic E-state index is 0.0487. The van der Waals surface area contributed by atoms with Crippen molar-refractivity contribution >= 4 is 13.7 Å². The molecule has 0 bridgehead atoms. The molecular weight excluding hydrogens is 920 g/mol. The summed E-state index contributed by atoms with van der Waals surface area (Å²) in [6, 6.07) is -0.805. The largest absolute Gasteiger partial charge is 0.472 e. The quantitative estimate of drug-likeness (QED) is 0.0194. The molecule has 1 aliphatic heterocycles. The lowest BCUT2D eigenvalue weighted by atomic mass is 9.99. The molecule has 13 nitrogen and oxygen atoms in total. The van der Waals surface area contributed by atoms with Crippen molar-refractivity contribution in [3.8, 4) is 0 Å². The van der Waals surface area contributed by atoms with Crippen LogP contribution in [0, 0.1) is 0 Å². The second kappa shape index (κ2) is 45.5. The normalized spacial score (nSPS) is 20.3. The number of carbonyl (C=O) groups is 1. The molecule has 0 aliphatic carbocycles. The summed E-state index contributed by atoms with van der Waals surface area (Å²) in [4.78, 5) is 23.5. The van der Waals surface area contributed by atoms with E-state index in [1.165, 1.54) is 205 Å². The molecule has 1 fully saturated rings. The van der Waals surface area contributed by atoms with Gasteiger partial charge in [0.05, 0.1) is 46.5 Å². The molecule has 0 aromatic rings. The fraction of sp³-hybridized carbons (Fsp3) is 0.982. The van der Waals surface area contributed by atoms with Crippen LogP contribution in [0.2, 0.25) is 0 Å². The predicted octanol–water partition coefficient (Wildman–Crippen LogP) is 13.1. The second-order valence-electron chi connectivity index (χ2n) is 22.5. The van der Waals surface area contributed by atoms with Crippen molar-refractivity contribution in [3.05, 3.63) is 0 Å². The Morgan fingerprint density at radius 3 is 1.30 bits per heavy atom. The second-order valence-corrected chi connectivity index (χ2v) is 23.9. The Labute approximate surface area is 436 Å². The number of hydrogen-bond acceptors (Lipinski definition) is 10. The van der Waals surface area contributed by atoms with Crippen LogP contribution in [-0.4, -0.2) is 126 Å². The van der Waals surface area contributed by atoms with Gasteiger partial charge in [0.2, 0.25) is 5.91 Å². The first-order valence-corrected chi connectivity index (χ1v) is 31.4. The standard InChI is InChI=1S/C57H115N2O11P/c1-6-8-10-12-14-16-18-20-22-24-25-26-27-29-31-33-35-37-39-41-43-45-53(61)58-50(51(60)44-42-40-38-36-34-32-30-28-23-21-19-17-15-13-11-9-7-2)48-67-57-56(64)55(63)54(62)52(70-57)49-69-71(65,66)68-47-46-59(3,4)5/h50-52,54-57,60,62-64H,6-49H2,1-5H3,(H-,58,61,65,66)/p+1/t50-,51+,52+,54-,55-,56+,57+/m0/s1. The highest BCUT2D eigenvalue weighted by Gasteiger charge is 2.45. The Morgan fingerprint density at radius 1 is 0.549 bits per heavy atom. The Bertz CT molecular complexity index is 1240. The number of carbonyl (C=O) groups excluding carboxylic acids is 1. The van der Waals surface area contributed by atoms with Crippen molar-refractivity contribution in [2.75, 3.05) is 47.5 Å². The third-order valence-electron chi connectivity index (χ3n) is 14.4. The first-order valence-electron chi connectivity index (χ1n) is 29.9. The molecule has 1 amide bonds. The number of likely N-dealkylation sites (N-methyl/N-ethyl adjacent to an activating group) is 1. The van der Waals surface area contributed by atoms with Gasteiger partial charge in [0.25, 0.3) is 0 Å². The number of ether oxygens (including phenoxy) is 2. The van der Waals surface area contributed by atoms with Gasteiger partial charge in [0.15, 0.2) is 6.29 Å². The van der Waals surface area contributed by atoms with Crippen LogP contribution in [-0.2, 0) is 27.9 Å². The lowest BCUT2D eigenvalue weighted by Crippen LogP contribution is -2.60. The summed E-state index contributed by atoms with van der Waals surface area (Å²) in [6.07, 6.45) is 40.7. The molecule has 14 heteroatoms. The van der Waals surface area contributed by atoms with Gasteiger partial charge in [-0.25, -0.2) is 4.57 Å². The van der Waals surface area contributed by atoms with E-state index < -0.39 is 57.3 Å². The molecule has 0 spiro atoms. The van der Waals surface area contributed by atoms with Crippen LogP contribution in [0.15, 0.2) is 0 Å². The first-order chi connectivity index (χ1) is 34.2. The maximum atomic E-state index is 13.3. The molecule has 0 aromatic heterocycles. The van der Waals surface area contributed by atoms with Gasteiger partial charge in [-0.3, -0.25) is 13.8 Å². The summed E-state index contributed by atoms with van der Waals surface area (Å²) >= 11 is 0.